The van der Waals surface area contributed by atoms with E-state index in [2.05, 4.69) is 20.4 Å². The molecule has 38 heavy (non-hydrogen) atoms. The quantitative estimate of drug-likeness (QED) is 0.407. The number of hydrogen-bond acceptors (Lipinski definition) is 6. The molecule has 2 aliphatic rings. The van der Waals surface area contributed by atoms with E-state index >= 15 is 4.39 Å². The summed E-state index contributed by atoms with van der Waals surface area (Å²) in [6, 6.07) is 9.19. The largest absolute Gasteiger partial charge is 0.364 e. The molecule has 1 aliphatic carbocycles. The minimum absolute atomic E-state index is 0.0285. The predicted molar refractivity (Wildman–Crippen MR) is 136 cm³/mol. The number of benzene rings is 1. The average molecular weight is 514 g/mol. The molecule has 3 amide bonds. The highest BCUT2D eigenvalue weighted by atomic mass is 19.1. The number of piperidine rings is 1. The van der Waals surface area contributed by atoms with Gasteiger partial charge in [-0.1, -0.05) is 12.1 Å². The molecule has 3 atom stereocenters. The number of rotatable bonds is 6. The fourth-order valence-electron chi connectivity index (χ4n) is 5.38. The Balaban J connectivity index is 1.24. The Bertz CT molecular complexity index is 1620. The van der Waals surface area contributed by atoms with Gasteiger partial charge in [-0.05, 0) is 55.5 Å². The van der Waals surface area contributed by atoms with Gasteiger partial charge in [0.2, 0.25) is 11.8 Å². The smallest absolute Gasteiger partial charge is 0.269 e. The number of pyridine rings is 2. The topological polar surface area (TPSA) is 136 Å². The van der Waals surface area contributed by atoms with Crippen molar-refractivity contribution in [3.63, 3.8) is 0 Å². The van der Waals surface area contributed by atoms with Gasteiger partial charge in [0.15, 0.2) is 11.5 Å². The van der Waals surface area contributed by atoms with E-state index in [1.54, 1.807) is 35.4 Å². The zero-order valence-corrected chi connectivity index (χ0v) is 20.5. The first-order valence-electron chi connectivity index (χ1n) is 12.3. The molecular formula is C27H24FN7O3. The van der Waals surface area contributed by atoms with Gasteiger partial charge in [-0.3, -0.25) is 29.0 Å². The molecule has 2 fully saturated rings. The minimum atomic E-state index is -0.749. The van der Waals surface area contributed by atoms with Gasteiger partial charge in [0.1, 0.15) is 12.6 Å². The summed E-state index contributed by atoms with van der Waals surface area (Å²) in [5, 5.41) is 7.42. The van der Waals surface area contributed by atoms with E-state index in [9.17, 15) is 14.4 Å². The minimum Gasteiger partial charge on any atom is -0.364 e. The van der Waals surface area contributed by atoms with Crippen LogP contribution in [0.3, 0.4) is 0 Å². The number of nitrogens with one attached hydrogen (secondary N) is 1. The second-order valence-corrected chi connectivity index (χ2v) is 9.70. The molecule has 4 aromatic rings. The number of likely N-dealkylation sites (tertiary alicyclic amines) is 1. The SMILES string of the molecule is Cc1cccnc1-c1cccc(NC(=O)[C@@H]2C[C@H]3C[C@H]3N2C(=O)Cn2nc(C(N)=O)c3ccncc32)c1F. The van der Waals surface area contributed by atoms with Crippen LogP contribution in [0, 0.1) is 18.7 Å². The Morgan fingerprint density at radius 2 is 1.97 bits per heavy atom. The number of anilines is 1. The van der Waals surface area contributed by atoms with Crippen molar-refractivity contribution in [3.05, 3.63) is 72.1 Å². The van der Waals surface area contributed by atoms with Crippen LogP contribution in [-0.4, -0.2) is 54.5 Å². The Labute approximate surface area is 216 Å². The maximum absolute atomic E-state index is 15.4. The Hall–Kier alpha value is -4.67. The number of primary amides is 1. The van der Waals surface area contributed by atoms with Crippen LogP contribution < -0.4 is 11.1 Å². The third-order valence-electron chi connectivity index (χ3n) is 7.29. The van der Waals surface area contributed by atoms with Crippen LogP contribution in [-0.2, 0) is 16.1 Å². The monoisotopic (exact) mass is 513 g/mol. The summed E-state index contributed by atoms with van der Waals surface area (Å²) >= 11 is 0. The summed E-state index contributed by atoms with van der Waals surface area (Å²) in [5.41, 5.74) is 7.62. The molecule has 0 bridgehead atoms. The molecule has 192 valence electrons. The summed E-state index contributed by atoms with van der Waals surface area (Å²) in [7, 11) is 0. The van der Waals surface area contributed by atoms with E-state index in [0.717, 1.165) is 12.0 Å². The van der Waals surface area contributed by atoms with Gasteiger partial charge in [-0.25, -0.2) is 4.39 Å². The van der Waals surface area contributed by atoms with Gasteiger partial charge in [0.25, 0.3) is 5.91 Å². The lowest BCUT2D eigenvalue weighted by Gasteiger charge is -2.27. The Morgan fingerprint density at radius 3 is 2.76 bits per heavy atom. The molecule has 0 radical (unpaired) electrons. The Morgan fingerprint density at radius 1 is 1.13 bits per heavy atom. The van der Waals surface area contributed by atoms with E-state index in [1.807, 2.05) is 13.0 Å². The van der Waals surface area contributed by atoms with Gasteiger partial charge in [-0.15, -0.1) is 0 Å². The van der Waals surface area contributed by atoms with Crippen molar-refractivity contribution in [3.8, 4) is 11.3 Å². The number of aryl methyl sites for hydroxylation is 1. The molecule has 11 heteroatoms. The van der Waals surface area contributed by atoms with Crippen molar-refractivity contribution >= 4 is 34.3 Å². The number of hydrogen-bond donors (Lipinski definition) is 2. The van der Waals surface area contributed by atoms with Crippen molar-refractivity contribution in [1.82, 2.24) is 24.6 Å². The summed E-state index contributed by atoms with van der Waals surface area (Å²) in [5.74, 6) is -1.85. The van der Waals surface area contributed by atoms with Crippen LogP contribution >= 0.6 is 0 Å². The van der Waals surface area contributed by atoms with Crippen molar-refractivity contribution in [1.29, 1.82) is 0 Å². The van der Waals surface area contributed by atoms with E-state index in [-0.39, 0.29) is 41.4 Å². The zero-order valence-electron chi connectivity index (χ0n) is 20.5. The lowest BCUT2D eigenvalue weighted by molar-refractivity contribution is -0.138. The number of carbonyl (C=O) groups is 3. The van der Waals surface area contributed by atoms with Crippen molar-refractivity contribution in [2.24, 2.45) is 11.7 Å². The third kappa shape index (κ3) is 3.96. The highest BCUT2D eigenvalue weighted by Gasteiger charge is 2.56. The van der Waals surface area contributed by atoms with E-state index in [0.29, 0.717) is 23.0 Å². The normalized spacial score (nSPS) is 19.8. The van der Waals surface area contributed by atoms with Crippen molar-refractivity contribution in [2.75, 3.05) is 5.32 Å². The maximum atomic E-state index is 15.4. The first-order chi connectivity index (χ1) is 18.3. The van der Waals surface area contributed by atoms with Crippen LogP contribution in [0.15, 0.2) is 55.0 Å². The molecule has 3 aromatic heterocycles. The number of amides is 3. The number of halogens is 1. The first kappa shape index (κ1) is 23.7. The van der Waals surface area contributed by atoms with E-state index in [4.69, 9.17) is 5.73 Å². The van der Waals surface area contributed by atoms with E-state index < -0.39 is 23.7 Å². The molecule has 1 aliphatic heterocycles. The van der Waals surface area contributed by atoms with Crippen LogP contribution in [0.1, 0.15) is 28.9 Å². The molecule has 1 saturated carbocycles. The number of nitrogens with two attached hydrogens (primary N) is 1. The second-order valence-electron chi connectivity index (χ2n) is 9.70. The van der Waals surface area contributed by atoms with Gasteiger partial charge in [0.05, 0.1) is 23.1 Å². The maximum Gasteiger partial charge on any atom is 0.269 e. The summed E-state index contributed by atoms with van der Waals surface area (Å²) < 4.78 is 16.8. The van der Waals surface area contributed by atoms with Crippen LogP contribution in [0.5, 0.6) is 0 Å². The van der Waals surface area contributed by atoms with Gasteiger partial charge < -0.3 is 16.0 Å². The molecule has 1 aromatic carbocycles. The van der Waals surface area contributed by atoms with Crippen LogP contribution in [0.25, 0.3) is 22.2 Å². The Kier molecular flexibility index (Phi) is 5.63. The van der Waals surface area contributed by atoms with Crippen molar-refractivity contribution < 1.29 is 18.8 Å². The fraction of sp³-hybridized carbons (Fsp3) is 0.259. The number of fused-ring (bicyclic) bond motifs is 2. The molecule has 1 saturated heterocycles. The van der Waals surface area contributed by atoms with Gasteiger partial charge in [0, 0.05) is 29.4 Å². The second kappa shape index (κ2) is 9.02. The summed E-state index contributed by atoms with van der Waals surface area (Å²) in [6.07, 6.45) is 5.92. The van der Waals surface area contributed by atoms with Crippen LogP contribution in [0.2, 0.25) is 0 Å². The molecule has 0 unspecified atom stereocenters. The van der Waals surface area contributed by atoms with Gasteiger partial charge in [-0.2, -0.15) is 5.10 Å². The zero-order chi connectivity index (χ0) is 26.6. The average Bonchev–Trinajstić information content (AvgIpc) is 3.40. The van der Waals surface area contributed by atoms with Gasteiger partial charge >= 0.3 is 0 Å². The standard InChI is InChI=1S/C27H24FN7O3/c1-14-4-3-8-31-24(14)17-5-2-6-18(23(17)28)32-27(38)20-11-15-10-19(15)35(20)22(36)13-34-21-12-30-9-7-16(21)25(33-34)26(29)37/h2-9,12,15,19-20H,10-11,13H2,1H3,(H2,29,37)(H,32,38)/t15-,19-,20+/m1/s1. The molecule has 10 nitrogen and oxygen atoms in total. The number of aromatic nitrogens is 4. The first-order valence-corrected chi connectivity index (χ1v) is 12.3. The predicted octanol–water partition coefficient (Wildman–Crippen LogP) is 2.67. The third-order valence-corrected chi connectivity index (χ3v) is 7.29. The lowest BCUT2D eigenvalue weighted by atomic mass is 10.0. The fourth-order valence-corrected chi connectivity index (χ4v) is 5.38. The summed E-state index contributed by atoms with van der Waals surface area (Å²) in [6.45, 7) is 1.65. The molecule has 3 N–H and O–H groups in total. The summed E-state index contributed by atoms with van der Waals surface area (Å²) in [4.78, 5) is 48.6. The van der Waals surface area contributed by atoms with Crippen LogP contribution in [0.4, 0.5) is 10.1 Å². The number of carbonyl (C=O) groups excluding carboxylic acids is 3. The highest BCUT2D eigenvalue weighted by molar-refractivity contribution is 6.04. The molecular weight excluding hydrogens is 489 g/mol. The molecule has 0 spiro atoms. The lowest BCUT2D eigenvalue weighted by Crippen LogP contribution is -2.46. The number of nitrogens with zero attached hydrogens (tertiary/aromatic N) is 5. The molecule has 4 heterocycles. The van der Waals surface area contributed by atoms with E-state index in [1.165, 1.54) is 23.1 Å². The molecule has 6 rings (SSSR count). The van der Waals surface area contributed by atoms with Crippen molar-refractivity contribution in [2.45, 2.75) is 38.4 Å². The highest BCUT2D eigenvalue weighted by Crippen LogP contribution is 2.48.